The van der Waals surface area contributed by atoms with Crippen molar-refractivity contribution in [3.8, 4) is 0 Å². The van der Waals surface area contributed by atoms with Gasteiger partial charge in [-0.3, -0.25) is 0 Å². The van der Waals surface area contributed by atoms with E-state index in [2.05, 4.69) is 6.58 Å². The lowest BCUT2D eigenvalue weighted by atomic mass is 10.4. The number of halogens is 3. The highest BCUT2D eigenvalue weighted by atomic mass is 35.5. The number of benzene rings is 1. The lowest BCUT2D eigenvalue weighted by Crippen LogP contribution is -1.96. The van der Waals surface area contributed by atoms with Gasteiger partial charge < -0.3 is 0 Å². The van der Waals surface area contributed by atoms with E-state index < -0.39 is 9.84 Å². The van der Waals surface area contributed by atoms with Gasteiger partial charge in [-0.25, -0.2) is 8.42 Å². The van der Waals surface area contributed by atoms with Gasteiger partial charge in [0.25, 0.3) is 0 Å². The zero-order valence-electron chi connectivity index (χ0n) is 6.80. The number of hydrogen-bond acceptors (Lipinski definition) is 2. The molecule has 0 saturated carbocycles. The van der Waals surface area contributed by atoms with E-state index in [4.69, 9.17) is 34.8 Å². The first-order valence-electron chi connectivity index (χ1n) is 3.40. The Morgan fingerprint density at radius 1 is 1.07 bits per heavy atom. The van der Waals surface area contributed by atoms with Crippen LogP contribution in [0, 0.1) is 0 Å². The van der Waals surface area contributed by atoms with Gasteiger partial charge in [-0.1, -0.05) is 41.4 Å². The Bertz CT molecular complexity index is 480. The van der Waals surface area contributed by atoms with E-state index in [-0.39, 0.29) is 20.0 Å². The van der Waals surface area contributed by atoms with Crippen LogP contribution in [0.3, 0.4) is 0 Å². The van der Waals surface area contributed by atoms with Crippen LogP contribution in [-0.4, -0.2) is 8.42 Å². The fourth-order valence-corrected chi connectivity index (χ4v) is 2.54. The second-order valence-corrected chi connectivity index (χ2v) is 5.49. The van der Waals surface area contributed by atoms with Crippen LogP contribution in [-0.2, 0) is 9.84 Å². The van der Waals surface area contributed by atoms with Crippen LogP contribution in [0.4, 0.5) is 0 Å². The summed E-state index contributed by atoms with van der Waals surface area (Å²) in [6.45, 7) is 3.18. The molecule has 0 bridgehead atoms. The average molecular weight is 272 g/mol. The van der Waals surface area contributed by atoms with Crippen LogP contribution in [0.5, 0.6) is 0 Å². The molecule has 0 aliphatic carbocycles. The maximum atomic E-state index is 11.4. The second-order valence-electron chi connectivity index (χ2n) is 2.41. The fourth-order valence-electron chi connectivity index (χ4n) is 0.812. The summed E-state index contributed by atoms with van der Waals surface area (Å²) in [7, 11) is -3.58. The summed E-state index contributed by atoms with van der Waals surface area (Å²) in [6, 6.07) is 2.48. The molecule has 14 heavy (non-hydrogen) atoms. The van der Waals surface area contributed by atoms with Crippen molar-refractivity contribution in [3.63, 3.8) is 0 Å². The van der Waals surface area contributed by atoms with Gasteiger partial charge in [0, 0.05) is 5.41 Å². The standard InChI is InChI=1S/C8H5Cl3O2S/c1-2-14(12,13)8-4-6(10)5(9)3-7(8)11/h2-4H,1H2. The predicted molar refractivity (Wildman–Crippen MR) is 58.9 cm³/mol. The van der Waals surface area contributed by atoms with Crippen LogP contribution in [0.25, 0.3) is 0 Å². The molecule has 0 amide bonds. The zero-order valence-corrected chi connectivity index (χ0v) is 9.88. The molecule has 6 heteroatoms. The third-order valence-corrected chi connectivity index (χ3v) is 4.04. The molecule has 76 valence electrons. The van der Waals surface area contributed by atoms with Gasteiger partial charge in [-0.05, 0) is 12.1 Å². The Labute approximate surface area is 97.0 Å². The molecule has 0 spiro atoms. The Balaban J connectivity index is 3.52. The summed E-state index contributed by atoms with van der Waals surface area (Å²) in [5, 5.41) is 1.17. The topological polar surface area (TPSA) is 34.1 Å². The zero-order chi connectivity index (χ0) is 10.9. The van der Waals surface area contributed by atoms with Crippen LogP contribution in [0.1, 0.15) is 0 Å². The fraction of sp³-hybridized carbons (Fsp3) is 0. The quantitative estimate of drug-likeness (QED) is 0.771. The Kier molecular flexibility index (Phi) is 3.48. The third kappa shape index (κ3) is 2.23. The lowest BCUT2D eigenvalue weighted by molar-refractivity contribution is 0.605. The van der Waals surface area contributed by atoms with Crippen molar-refractivity contribution < 1.29 is 8.42 Å². The minimum absolute atomic E-state index is 0.0271. The molecule has 0 radical (unpaired) electrons. The molecule has 0 unspecified atom stereocenters. The summed E-state index contributed by atoms with van der Waals surface area (Å²) in [5.41, 5.74) is 0. The molecule has 0 aromatic heterocycles. The molecule has 0 heterocycles. The van der Waals surface area contributed by atoms with Gasteiger partial charge in [0.05, 0.1) is 20.0 Å². The molecular weight excluding hydrogens is 267 g/mol. The third-order valence-electron chi connectivity index (χ3n) is 1.50. The second kappa shape index (κ2) is 4.11. The molecule has 0 atom stereocenters. The van der Waals surface area contributed by atoms with E-state index in [9.17, 15) is 8.42 Å². The van der Waals surface area contributed by atoms with Gasteiger partial charge in [-0.2, -0.15) is 0 Å². The van der Waals surface area contributed by atoms with Crippen LogP contribution in [0.15, 0.2) is 29.0 Å². The van der Waals surface area contributed by atoms with Gasteiger partial charge in [0.1, 0.15) is 0 Å². The van der Waals surface area contributed by atoms with Crippen molar-refractivity contribution in [2.75, 3.05) is 0 Å². The minimum Gasteiger partial charge on any atom is -0.219 e. The average Bonchev–Trinajstić information content (AvgIpc) is 2.11. The van der Waals surface area contributed by atoms with Crippen molar-refractivity contribution in [2.24, 2.45) is 0 Å². The first-order valence-corrected chi connectivity index (χ1v) is 6.08. The van der Waals surface area contributed by atoms with Gasteiger partial charge in [0.2, 0.25) is 9.84 Å². The van der Waals surface area contributed by atoms with E-state index in [1.165, 1.54) is 12.1 Å². The number of hydrogen-bond donors (Lipinski definition) is 0. The van der Waals surface area contributed by atoms with Crippen LogP contribution >= 0.6 is 34.8 Å². The highest BCUT2D eigenvalue weighted by molar-refractivity contribution is 7.94. The molecule has 2 nitrogen and oxygen atoms in total. The molecule has 0 aliphatic rings. The molecular formula is C8H5Cl3O2S. The molecule has 1 aromatic rings. The number of sulfone groups is 1. The normalized spacial score (nSPS) is 11.4. The molecule has 1 aromatic carbocycles. The first kappa shape index (κ1) is 11.9. The van der Waals surface area contributed by atoms with Gasteiger partial charge in [-0.15, -0.1) is 0 Å². The Morgan fingerprint density at radius 2 is 1.57 bits per heavy atom. The van der Waals surface area contributed by atoms with Gasteiger partial charge >= 0.3 is 0 Å². The Morgan fingerprint density at radius 3 is 2.07 bits per heavy atom. The van der Waals surface area contributed by atoms with Crippen molar-refractivity contribution in [3.05, 3.63) is 39.2 Å². The van der Waals surface area contributed by atoms with Gasteiger partial charge in [0.15, 0.2) is 0 Å². The predicted octanol–water partition coefficient (Wildman–Crippen LogP) is 3.56. The highest BCUT2D eigenvalue weighted by Gasteiger charge is 2.16. The van der Waals surface area contributed by atoms with E-state index in [0.29, 0.717) is 0 Å². The van der Waals surface area contributed by atoms with Crippen molar-refractivity contribution in [2.45, 2.75) is 4.90 Å². The summed E-state index contributed by atoms with van der Waals surface area (Å²) < 4.78 is 22.8. The summed E-state index contributed by atoms with van der Waals surface area (Å²) in [6.07, 6.45) is 0. The van der Waals surface area contributed by atoms with Crippen LogP contribution in [0.2, 0.25) is 15.1 Å². The largest absolute Gasteiger partial charge is 0.219 e. The highest BCUT2D eigenvalue weighted by Crippen LogP contribution is 2.32. The molecule has 0 saturated heterocycles. The SMILES string of the molecule is C=CS(=O)(=O)c1cc(Cl)c(Cl)cc1Cl. The van der Waals surface area contributed by atoms with Crippen molar-refractivity contribution >= 4 is 44.6 Å². The maximum Gasteiger partial charge on any atom is 0.200 e. The van der Waals surface area contributed by atoms with E-state index in [1.54, 1.807) is 0 Å². The van der Waals surface area contributed by atoms with Crippen LogP contribution < -0.4 is 0 Å². The smallest absolute Gasteiger partial charge is 0.200 e. The monoisotopic (exact) mass is 270 g/mol. The Hall–Kier alpha value is -0.220. The summed E-state index contributed by atoms with van der Waals surface area (Å²) in [5.74, 6) is 0. The maximum absolute atomic E-state index is 11.4. The van der Waals surface area contributed by atoms with Crippen molar-refractivity contribution in [1.29, 1.82) is 0 Å². The van der Waals surface area contributed by atoms with E-state index >= 15 is 0 Å². The summed E-state index contributed by atoms with van der Waals surface area (Å²) in [4.78, 5) is -0.0939. The van der Waals surface area contributed by atoms with E-state index in [1.807, 2.05) is 0 Å². The number of rotatable bonds is 2. The van der Waals surface area contributed by atoms with Crippen molar-refractivity contribution in [1.82, 2.24) is 0 Å². The molecule has 0 N–H and O–H groups in total. The lowest BCUT2D eigenvalue weighted by Gasteiger charge is -2.03. The molecule has 0 aliphatic heterocycles. The first-order chi connectivity index (χ1) is 6.38. The molecule has 0 fully saturated rings. The van der Waals surface area contributed by atoms with E-state index in [0.717, 1.165) is 5.41 Å². The summed E-state index contributed by atoms with van der Waals surface area (Å²) >= 11 is 17.0. The minimum atomic E-state index is -3.58. The molecule has 1 rings (SSSR count).